The Morgan fingerprint density at radius 1 is 1.32 bits per heavy atom. The highest BCUT2D eigenvalue weighted by molar-refractivity contribution is 5.32. The van der Waals surface area contributed by atoms with E-state index in [4.69, 9.17) is 0 Å². The lowest BCUT2D eigenvalue weighted by Gasteiger charge is -2.20. The van der Waals surface area contributed by atoms with E-state index < -0.39 is 0 Å². The van der Waals surface area contributed by atoms with E-state index in [0.29, 0.717) is 6.04 Å². The summed E-state index contributed by atoms with van der Waals surface area (Å²) in [6.45, 7) is 3.21. The number of hydrogen-bond acceptors (Lipinski definition) is 3. The first-order chi connectivity index (χ1) is 9.16. The minimum absolute atomic E-state index is 0.163. The minimum atomic E-state index is -0.357. The van der Waals surface area contributed by atoms with Gasteiger partial charge in [-0.15, -0.1) is 0 Å². The van der Waals surface area contributed by atoms with Crippen molar-refractivity contribution in [2.45, 2.75) is 45.1 Å². The number of nitrogens with one attached hydrogen (secondary N) is 1. The summed E-state index contributed by atoms with van der Waals surface area (Å²) in [4.78, 5) is 10.2. The van der Waals surface area contributed by atoms with Gasteiger partial charge in [0.1, 0.15) is 0 Å². The Kier molecular flexibility index (Phi) is 4.91. The molecule has 0 radical (unpaired) electrons. The van der Waals surface area contributed by atoms with Crippen molar-refractivity contribution in [1.29, 1.82) is 0 Å². The highest BCUT2D eigenvalue weighted by Gasteiger charge is 2.20. The quantitative estimate of drug-likeness (QED) is 0.632. The molecular weight excluding hydrogens is 240 g/mol. The van der Waals surface area contributed by atoms with Crippen molar-refractivity contribution in [3.63, 3.8) is 0 Å². The molecule has 1 aromatic carbocycles. The fourth-order valence-electron chi connectivity index (χ4n) is 2.85. The second kappa shape index (κ2) is 6.66. The van der Waals surface area contributed by atoms with Crippen molar-refractivity contribution in [2.75, 3.05) is 6.54 Å². The van der Waals surface area contributed by atoms with Crippen LogP contribution in [0.15, 0.2) is 24.3 Å². The summed E-state index contributed by atoms with van der Waals surface area (Å²) in [6, 6.07) is 7.44. The van der Waals surface area contributed by atoms with Gasteiger partial charge in [-0.3, -0.25) is 10.1 Å². The molecule has 0 spiro atoms. The maximum absolute atomic E-state index is 10.6. The molecule has 4 heteroatoms. The van der Waals surface area contributed by atoms with Gasteiger partial charge in [0.15, 0.2) is 0 Å². The normalized spacial score (nSPS) is 17.5. The zero-order valence-corrected chi connectivity index (χ0v) is 11.5. The van der Waals surface area contributed by atoms with Crippen LogP contribution >= 0.6 is 0 Å². The van der Waals surface area contributed by atoms with E-state index in [1.165, 1.54) is 25.7 Å². The minimum Gasteiger partial charge on any atom is -0.314 e. The molecule has 1 saturated carbocycles. The Bertz CT molecular complexity index is 411. The highest BCUT2D eigenvalue weighted by Crippen LogP contribution is 2.27. The van der Waals surface area contributed by atoms with Crippen molar-refractivity contribution in [3.05, 3.63) is 39.9 Å². The van der Waals surface area contributed by atoms with Gasteiger partial charge in [-0.2, -0.15) is 0 Å². The lowest BCUT2D eigenvalue weighted by atomic mass is 9.99. The fraction of sp³-hybridized carbons (Fsp3) is 0.600. The topological polar surface area (TPSA) is 55.2 Å². The Balaban J connectivity index is 1.74. The monoisotopic (exact) mass is 262 g/mol. The van der Waals surface area contributed by atoms with Crippen LogP contribution in [0.4, 0.5) is 5.69 Å². The molecule has 0 aliphatic heterocycles. The maximum atomic E-state index is 10.6. The highest BCUT2D eigenvalue weighted by atomic mass is 16.6. The van der Waals surface area contributed by atoms with Crippen LogP contribution in [-0.4, -0.2) is 17.5 Å². The van der Waals surface area contributed by atoms with Gasteiger partial charge in [-0.1, -0.05) is 25.0 Å². The van der Waals surface area contributed by atoms with Crippen molar-refractivity contribution < 1.29 is 4.92 Å². The molecule has 19 heavy (non-hydrogen) atoms. The molecule has 0 heterocycles. The van der Waals surface area contributed by atoms with Crippen LogP contribution in [0, 0.1) is 16.0 Å². The second-order valence-corrected chi connectivity index (χ2v) is 5.46. The van der Waals surface area contributed by atoms with Gasteiger partial charge in [0.2, 0.25) is 0 Å². The van der Waals surface area contributed by atoms with Crippen molar-refractivity contribution in [3.8, 4) is 0 Å². The standard InChI is InChI=1S/C15H22N2O2/c1-12(14-4-2-3-5-14)16-11-10-13-6-8-15(9-7-13)17(18)19/h6-9,12,14,16H,2-5,10-11H2,1H3. The molecule has 1 N–H and O–H groups in total. The van der Waals surface area contributed by atoms with Crippen LogP contribution in [0.5, 0.6) is 0 Å². The van der Waals surface area contributed by atoms with Gasteiger partial charge in [0.25, 0.3) is 5.69 Å². The summed E-state index contributed by atoms with van der Waals surface area (Å²) in [6.07, 6.45) is 6.38. The molecule has 0 amide bonds. The van der Waals surface area contributed by atoms with E-state index in [0.717, 1.165) is 24.4 Å². The number of rotatable bonds is 6. The average molecular weight is 262 g/mol. The molecule has 104 valence electrons. The van der Waals surface area contributed by atoms with Crippen molar-refractivity contribution >= 4 is 5.69 Å². The van der Waals surface area contributed by atoms with Gasteiger partial charge in [-0.05, 0) is 44.2 Å². The number of nitro groups is 1. The second-order valence-electron chi connectivity index (χ2n) is 5.46. The molecule has 1 atom stereocenters. The molecule has 0 saturated heterocycles. The zero-order valence-electron chi connectivity index (χ0n) is 11.5. The fourth-order valence-corrected chi connectivity index (χ4v) is 2.85. The smallest absolute Gasteiger partial charge is 0.269 e. The molecule has 0 bridgehead atoms. The summed E-state index contributed by atoms with van der Waals surface area (Å²) in [5.74, 6) is 0.830. The maximum Gasteiger partial charge on any atom is 0.269 e. The Hall–Kier alpha value is -1.42. The van der Waals surface area contributed by atoms with E-state index in [2.05, 4.69) is 12.2 Å². The largest absolute Gasteiger partial charge is 0.314 e. The van der Waals surface area contributed by atoms with Gasteiger partial charge in [0.05, 0.1) is 4.92 Å². The van der Waals surface area contributed by atoms with Crippen LogP contribution in [-0.2, 0) is 6.42 Å². The zero-order chi connectivity index (χ0) is 13.7. The van der Waals surface area contributed by atoms with E-state index >= 15 is 0 Å². The van der Waals surface area contributed by atoms with Crippen molar-refractivity contribution in [2.24, 2.45) is 5.92 Å². The van der Waals surface area contributed by atoms with Gasteiger partial charge in [-0.25, -0.2) is 0 Å². The first-order valence-electron chi connectivity index (χ1n) is 7.13. The number of nitrogens with zero attached hydrogens (tertiary/aromatic N) is 1. The third-order valence-corrected chi connectivity index (χ3v) is 4.13. The van der Waals surface area contributed by atoms with Gasteiger partial charge < -0.3 is 5.32 Å². The third-order valence-electron chi connectivity index (χ3n) is 4.13. The first kappa shape index (κ1) is 14.0. The summed E-state index contributed by atoms with van der Waals surface area (Å²) in [5, 5.41) is 14.1. The summed E-state index contributed by atoms with van der Waals surface area (Å²) in [5.41, 5.74) is 1.31. The SMILES string of the molecule is CC(NCCc1ccc([N+](=O)[O-])cc1)C1CCCC1. The van der Waals surface area contributed by atoms with Crippen molar-refractivity contribution in [1.82, 2.24) is 5.32 Å². The van der Waals surface area contributed by atoms with Crippen LogP contribution in [0.25, 0.3) is 0 Å². The van der Waals surface area contributed by atoms with E-state index in [1.807, 2.05) is 12.1 Å². The third kappa shape index (κ3) is 4.03. The van der Waals surface area contributed by atoms with Crippen LogP contribution in [0.1, 0.15) is 38.2 Å². The van der Waals surface area contributed by atoms with E-state index in [-0.39, 0.29) is 10.6 Å². The Morgan fingerprint density at radius 2 is 1.95 bits per heavy atom. The van der Waals surface area contributed by atoms with Crippen LogP contribution < -0.4 is 5.32 Å². The summed E-state index contributed by atoms with van der Waals surface area (Å²) < 4.78 is 0. The molecule has 1 aromatic rings. The Labute approximate surface area is 114 Å². The van der Waals surface area contributed by atoms with Gasteiger partial charge in [0, 0.05) is 18.2 Å². The molecule has 4 nitrogen and oxygen atoms in total. The number of nitro benzene ring substituents is 1. The number of non-ortho nitro benzene ring substituents is 1. The summed E-state index contributed by atoms with van der Waals surface area (Å²) in [7, 11) is 0. The summed E-state index contributed by atoms with van der Waals surface area (Å²) >= 11 is 0. The molecule has 0 aromatic heterocycles. The number of benzene rings is 1. The average Bonchev–Trinajstić information content (AvgIpc) is 2.93. The Morgan fingerprint density at radius 3 is 2.53 bits per heavy atom. The van der Waals surface area contributed by atoms with E-state index in [1.54, 1.807) is 12.1 Å². The predicted molar refractivity (Wildman–Crippen MR) is 76.2 cm³/mol. The molecular formula is C15H22N2O2. The lowest BCUT2D eigenvalue weighted by Crippen LogP contribution is -2.33. The van der Waals surface area contributed by atoms with E-state index in [9.17, 15) is 10.1 Å². The molecule has 1 unspecified atom stereocenters. The molecule has 1 aliphatic rings. The number of hydrogen-bond donors (Lipinski definition) is 1. The first-order valence-corrected chi connectivity index (χ1v) is 7.13. The van der Waals surface area contributed by atoms with Gasteiger partial charge >= 0.3 is 0 Å². The molecule has 1 fully saturated rings. The molecule has 2 rings (SSSR count). The van der Waals surface area contributed by atoms with Crippen LogP contribution in [0.2, 0.25) is 0 Å². The predicted octanol–water partition coefficient (Wildman–Crippen LogP) is 3.31. The van der Waals surface area contributed by atoms with Crippen LogP contribution in [0.3, 0.4) is 0 Å². The lowest BCUT2D eigenvalue weighted by molar-refractivity contribution is -0.384. The molecule has 1 aliphatic carbocycles.